The van der Waals surface area contributed by atoms with E-state index < -0.39 is 0 Å². The van der Waals surface area contributed by atoms with Gasteiger partial charge in [0.1, 0.15) is 17.3 Å². The maximum absolute atomic E-state index is 9.00. The molecule has 0 bridgehead atoms. The number of allylic oxidation sites excluding steroid dienone is 2. The third-order valence-corrected chi connectivity index (χ3v) is 6.38. The molecule has 35 heavy (non-hydrogen) atoms. The molecule has 0 aliphatic heterocycles. The number of rotatable bonds is 5. The van der Waals surface area contributed by atoms with E-state index in [0.717, 1.165) is 26.5 Å². The molecule has 166 valence electrons. The van der Waals surface area contributed by atoms with Crippen LogP contribution in [0.4, 0.5) is 0 Å². The molecule has 0 N–H and O–H groups in total. The third kappa shape index (κ3) is 4.18. The Morgan fingerprint density at radius 3 is 2.37 bits per heavy atom. The van der Waals surface area contributed by atoms with Crippen molar-refractivity contribution in [2.75, 3.05) is 0 Å². The van der Waals surface area contributed by atoms with Gasteiger partial charge in [0.2, 0.25) is 0 Å². The van der Waals surface area contributed by atoms with E-state index in [4.69, 9.17) is 27.2 Å². The van der Waals surface area contributed by atoms with Crippen LogP contribution in [-0.4, -0.2) is 4.57 Å². The number of nitrogens with zero attached hydrogens (tertiary/aromatic N) is 4. The SMILES string of the molecule is [C-]#[N+]/C(C)=C\c1ccc(-c2cc3sc(-c4ccc(/C=C(\C#N)[N+]#[C-])o4)cc3n2-c2ccccc2)o1. The highest BCUT2D eigenvalue weighted by molar-refractivity contribution is 7.22. The molecule has 0 aliphatic rings. The van der Waals surface area contributed by atoms with Gasteiger partial charge in [-0.15, -0.1) is 11.3 Å². The summed E-state index contributed by atoms with van der Waals surface area (Å²) in [5.74, 6) is 2.46. The van der Waals surface area contributed by atoms with Gasteiger partial charge < -0.3 is 13.4 Å². The summed E-state index contributed by atoms with van der Waals surface area (Å²) in [6.07, 6.45) is 3.16. The van der Waals surface area contributed by atoms with E-state index in [1.165, 1.54) is 6.08 Å². The molecule has 6 nitrogen and oxygen atoms in total. The number of furan rings is 2. The van der Waals surface area contributed by atoms with Crippen molar-refractivity contribution in [3.8, 4) is 33.8 Å². The molecule has 0 aliphatic carbocycles. The van der Waals surface area contributed by atoms with Gasteiger partial charge >= 0.3 is 0 Å². The van der Waals surface area contributed by atoms with Crippen molar-refractivity contribution in [2.45, 2.75) is 6.92 Å². The Morgan fingerprint density at radius 1 is 0.943 bits per heavy atom. The van der Waals surface area contributed by atoms with E-state index >= 15 is 0 Å². The minimum absolute atomic E-state index is 0.0262. The van der Waals surface area contributed by atoms with Crippen molar-refractivity contribution in [1.82, 2.24) is 4.57 Å². The van der Waals surface area contributed by atoms with Crippen LogP contribution >= 0.6 is 11.3 Å². The summed E-state index contributed by atoms with van der Waals surface area (Å²) >= 11 is 1.59. The largest absolute Gasteiger partial charge is 0.457 e. The lowest BCUT2D eigenvalue weighted by atomic mass is 10.2. The molecule has 0 fully saturated rings. The highest BCUT2D eigenvalue weighted by Crippen LogP contribution is 2.41. The van der Waals surface area contributed by atoms with Gasteiger partial charge in [-0.25, -0.2) is 15.0 Å². The summed E-state index contributed by atoms with van der Waals surface area (Å²) < 4.78 is 15.2. The normalized spacial score (nSPS) is 11.8. The van der Waals surface area contributed by atoms with Gasteiger partial charge in [0, 0.05) is 5.69 Å². The lowest BCUT2D eigenvalue weighted by molar-refractivity contribution is 0.568. The number of benzene rings is 1. The summed E-state index contributed by atoms with van der Waals surface area (Å²) in [7, 11) is 0. The zero-order valence-electron chi connectivity index (χ0n) is 18.5. The standard InChI is InChI=1S/C28H16N4O2S/c1-18(30-2)13-21-9-11-25(33-21)23-15-27-24(32(23)20-7-5-4-6-8-20)16-28(35-27)26-12-10-22(34-26)14-19(17-29)31-3/h4-16H,1H3/b18-13-,19-14+. The molecule has 0 spiro atoms. The van der Waals surface area contributed by atoms with Crippen LogP contribution in [0.2, 0.25) is 0 Å². The van der Waals surface area contributed by atoms with Crippen LogP contribution in [0.3, 0.4) is 0 Å². The van der Waals surface area contributed by atoms with Gasteiger partial charge in [-0.05, 0) is 67.6 Å². The number of hydrogen-bond acceptors (Lipinski definition) is 4. The molecule has 7 heteroatoms. The molecule has 0 saturated heterocycles. The topological polar surface area (TPSA) is 63.7 Å². The van der Waals surface area contributed by atoms with Crippen molar-refractivity contribution in [3.05, 3.63) is 112 Å². The maximum atomic E-state index is 9.00. The molecule has 5 aromatic rings. The van der Waals surface area contributed by atoms with Crippen molar-refractivity contribution in [3.63, 3.8) is 0 Å². The first-order valence-electron chi connectivity index (χ1n) is 10.6. The number of hydrogen-bond donors (Lipinski definition) is 0. The molecule has 0 radical (unpaired) electrons. The fraction of sp³-hybridized carbons (Fsp3) is 0.0357. The van der Waals surface area contributed by atoms with Crippen LogP contribution in [0, 0.1) is 24.5 Å². The third-order valence-electron chi connectivity index (χ3n) is 5.29. The van der Waals surface area contributed by atoms with Gasteiger partial charge in [0.25, 0.3) is 5.70 Å². The second-order valence-corrected chi connectivity index (χ2v) is 8.70. The molecular formula is C28H16N4O2S. The van der Waals surface area contributed by atoms with Crippen LogP contribution in [0.5, 0.6) is 0 Å². The average Bonchev–Trinajstić information content (AvgIpc) is 3.66. The number of nitriles is 1. The minimum atomic E-state index is -0.0262. The predicted octanol–water partition coefficient (Wildman–Crippen LogP) is 8.28. The Kier molecular flexibility index (Phi) is 5.65. The van der Waals surface area contributed by atoms with Gasteiger partial charge in [-0.1, -0.05) is 18.2 Å². The number of thiophene rings is 1. The number of para-hydroxylation sites is 1. The van der Waals surface area contributed by atoms with Crippen LogP contribution in [0.15, 0.2) is 87.0 Å². The highest BCUT2D eigenvalue weighted by Gasteiger charge is 2.19. The monoisotopic (exact) mass is 472 g/mol. The molecule has 0 unspecified atom stereocenters. The van der Waals surface area contributed by atoms with Gasteiger partial charge in [0.15, 0.2) is 11.5 Å². The van der Waals surface area contributed by atoms with Crippen molar-refractivity contribution in [1.29, 1.82) is 5.26 Å². The average molecular weight is 473 g/mol. The van der Waals surface area contributed by atoms with Gasteiger partial charge in [-0.3, -0.25) is 0 Å². The molecule has 4 aromatic heterocycles. The van der Waals surface area contributed by atoms with Crippen molar-refractivity contribution < 1.29 is 8.83 Å². The van der Waals surface area contributed by atoms with Crippen molar-refractivity contribution >= 4 is 33.7 Å². The second-order valence-electron chi connectivity index (χ2n) is 7.62. The van der Waals surface area contributed by atoms with E-state index in [1.807, 2.05) is 54.6 Å². The Hall–Kier alpha value is -5.03. The summed E-state index contributed by atoms with van der Waals surface area (Å²) in [6, 6.07) is 23.4. The quantitative estimate of drug-likeness (QED) is 0.191. The van der Waals surface area contributed by atoms with Crippen LogP contribution in [-0.2, 0) is 0 Å². The fourth-order valence-corrected chi connectivity index (χ4v) is 4.79. The lowest BCUT2D eigenvalue weighted by Gasteiger charge is -2.08. The minimum Gasteiger partial charge on any atom is -0.457 e. The van der Waals surface area contributed by atoms with Crippen molar-refractivity contribution in [2.24, 2.45) is 0 Å². The molecule has 0 amide bonds. The Morgan fingerprint density at radius 2 is 1.66 bits per heavy atom. The first-order chi connectivity index (χ1) is 17.1. The summed E-state index contributed by atoms with van der Waals surface area (Å²) in [4.78, 5) is 7.54. The molecular weight excluding hydrogens is 456 g/mol. The highest BCUT2D eigenvalue weighted by atomic mass is 32.1. The van der Waals surface area contributed by atoms with E-state index in [1.54, 1.807) is 30.4 Å². The summed E-state index contributed by atoms with van der Waals surface area (Å²) in [6.45, 7) is 15.9. The fourth-order valence-electron chi connectivity index (χ4n) is 3.74. The number of fused-ring (bicyclic) bond motifs is 1. The van der Waals surface area contributed by atoms with Gasteiger partial charge in [-0.2, -0.15) is 0 Å². The predicted molar refractivity (Wildman–Crippen MR) is 137 cm³/mol. The summed E-state index contributed by atoms with van der Waals surface area (Å²) in [5.41, 5.74) is 3.43. The molecule has 0 saturated carbocycles. The smallest absolute Gasteiger partial charge is 0.265 e. The Balaban J connectivity index is 1.62. The zero-order valence-corrected chi connectivity index (χ0v) is 19.3. The van der Waals surface area contributed by atoms with E-state index in [-0.39, 0.29) is 5.70 Å². The zero-order chi connectivity index (χ0) is 24.4. The lowest BCUT2D eigenvalue weighted by Crippen LogP contribution is -1.95. The molecule has 5 rings (SSSR count). The molecule has 0 atom stereocenters. The van der Waals surface area contributed by atoms with Crippen LogP contribution in [0.25, 0.3) is 59.8 Å². The first-order valence-corrected chi connectivity index (χ1v) is 11.4. The maximum Gasteiger partial charge on any atom is 0.265 e. The Labute approximate surface area is 205 Å². The Bertz CT molecular complexity index is 1720. The van der Waals surface area contributed by atoms with E-state index in [9.17, 15) is 0 Å². The number of aromatic nitrogens is 1. The van der Waals surface area contributed by atoms with E-state index in [0.29, 0.717) is 28.7 Å². The molecule has 4 heterocycles. The summed E-state index contributed by atoms with van der Waals surface area (Å²) in [5, 5.41) is 9.00. The van der Waals surface area contributed by atoms with Crippen LogP contribution in [0.1, 0.15) is 18.4 Å². The van der Waals surface area contributed by atoms with Gasteiger partial charge in [0.05, 0.1) is 40.0 Å². The molecule has 1 aromatic carbocycles. The van der Waals surface area contributed by atoms with Crippen LogP contribution < -0.4 is 0 Å². The van der Waals surface area contributed by atoms with E-state index in [2.05, 4.69) is 26.4 Å². The first kappa shape index (κ1) is 21.8. The second kappa shape index (κ2) is 9.08.